The third-order valence-corrected chi connectivity index (χ3v) is 2.60. The Labute approximate surface area is 113 Å². The molecule has 0 aliphatic carbocycles. The van der Waals surface area contributed by atoms with Crippen LogP contribution in [0.5, 0.6) is 5.75 Å². The van der Waals surface area contributed by atoms with Crippen LogP contribution < -0.4 is 10.5 Å². The first-order valence-electron chi connectivity index (χ1n) is 6.39. The number of rotatable bonds is 9. The molecule has 0 amide bonds. The summed E-state index contributed by atoms with van der Waals surface area (Å²) in [6.07, 6.45) is 0.707. The van der Waals surface area contributed by atoms with Gasteiger partial charge in [-0.1, -0.05) is 6.07 Å². The summed E-state index contributed by atoms with van der Waals surface area (Å²) < 4.78 is 29.1. The van der Waals surface area contributed by atoms with E-state index in [0.717, 1.165) is 5.56 Å². The van der Waals surface area contributed by atoms with Crippen LogP contribution in [0.25, 0.3) is 0 Å². The highest BCUT2D eigenvalue weighted by Crippen LogP contribution is 2.21. The molecule has 4 nitrogen and oxygen atoms in total. The maximum Gasteiger partial charge on any atom is 0.165 e. The number of benzene rings is 1. The molecule has 0 aliphatic rings. The first-order valence-corrected chi connectivity index (χ1v) is 6.39. The average molecular weight is 271 g/mol. The van der Waals surface area contributed by atoms with Crippen LogP contribution in [0.1, 0.15) is 24.9 Å². The van der Waals surface area contributed by atoms with Gasteiger partial charge in [0, 0.05) is 26.2 Å². The van der Waals surface area contributed by atoms with Crippen molar-refractivity contribution in [2.24, 2.45) is 5.73 Å². The van der Waals surface area contributed by atoms with Gasteiger partial charge in [0.25, 0.3) is 0 Å². The van der Waals surface area contributed by atoms with Crippen LogP contribution in [0.15, 0.2) is 18.2 Å². The minimum Gasteiger partial charge on any atom is -0.490 e. The van der Waals surface area contributed by atoms with Crippen LogP contribution in [0.3, 0.4) is 0 Å². The summed E-state index contributed by atoms with van der Waals surface area (Å²) in [4.78, 5) is 0. The molecule has 0 saturated heterocycles. The van der Waals surface area contributed by atoms with Crippen LogP contribution in [-0.4, -0.2) is 33.5 Å². The van der Waals surface area contributed by atoms with Crippen LogP contribution in [0.2, 0.25) is 0 Å². The van der Waals surface area contributed by atoms with Crippen LogP contribution in [0, 0.1) is 5.82 Å². The van der Waals surface area contributed by atoms with Gasteiger partial charge in [-0.05, 0) is 24.6 Å². The second-order valence-corrected chi connectivity index (χ2v) is 4.29. The smallest absolute Gasteiger partial charge is 0.165 e. The first-order chi connectivity index (χ1) is 9.15. The zero-order valence-corrected chi connectivity index (χ0v) is 11.5. The molecule has 1 atom stereocenters. The van der Waals surface area contributed by atoms with Gasteiger partial charge >= 0.3 is 0 Å². The molecule has 1 aromatic carbocycles. The molecule has 0 aliphatic heterocycles. The third-order valence-electron chi connectivity index (χ3n) is 2.60. The quantitative estimate of drug-likeness (QED) is 0.700. The van der Waals surface area contributed by atoms with E-state index in [1.807, 2.05) is 6.92 Å². The summed E-state index contributed by atoms with van der Waals surface area (Å²) in [6, 6.07) is 4.62. The molecule has 0 fully saturated rings. The molecular weight excluding hydrogens is 249 g/mol. The molecule has 1 aromatic rings. The van der Waals surface area contributed by atoms with Gasteiger partial charge in [0.15, 0.2) is 11.6 Å². The van der Waals surface area contributed by atoms with Crippen LogP contribution >= 0.6 is 0 Å². The summed E-state index contributed by atoms with van der Waals surface area (Å²) in [7, 11) is 1.63. The van der Waals surface area contributed by atoms with Crippen molar-refractivity contribution in [2.45, 2.75) is 19.4 Å². The van der Waals surface area contributed by atoms with Crippen molar-refractivity contribution in [1.82, 2.24) is 0 Å². The van der Waals surface area contributed by atoms with Gasteiger partial charge in [-0.2, -0.15) is 0 Å². The summed E-state index contributed by atoms with van der Waals surface area (Å²) >= 11 is 0. The molecule has 19 heavy (non-hydrogen) atoms. The SMILES string of the molecule is COCCOCCCOc1ccc([C@H](C)N)cc1F. The van der Waals surface area contributed by atoms with Gasteiger partial charge in [-0.3, -0.25) is 0 Å². The molecular formula is C14H22FNO3. The Morgan fingerprint density at radius 2 is 2.00 bits per heavy atom. The predicted molar refractivity (Wildman–Crippen MR) is 71.8 cm³/mol. The van der Waals surface area contributed by atoms with E-state index in [1.165, 1.54) is 6.07 Å². The lowest BCUT2D eigenvalue weighted by molar-refractivity contribution is 0.0642. The third kappa shape index (κ3) is 6.00. The van der Waals surface area contributed by atoms with Gasteiger partial charge in [0.2, 0.25) is 0 Å². The Kier molecular flexibility index (Phi) is 7.40. The minimum atomic E-state index is -0.380. The fourth-order valence-electron chi connectivity index (χ4n) is 1.50. The van der Waals surface area contributed by atoms with E-state index in [1.54, 1.807) is 19.2 Å². The van der Waals surface area contributed by atoms with Crippen molar-refractivity contribution in [1.29, 1.82) is 0 Å². The van der Waals surface area contributed by atoms with Gasteiger partial charge in [0.05, 0.1) is 19.8 Å². The first kappa shape index (κ1) is 15.9. The Bertz CT molecular complexity index is 372. The average Bonchev–Trinajstić information content (AvgIpc) is 2.39. The maximum atomic E-state index is 13.7. The zero-order valence-electron chi connectivity index (χ0n) is 11.5. The largest absolute Gasteiger partial charge is 0.490 e. The lowest BCUT2D eigenvalue weighted by atomic mass is 10.1. The second kappa shape index (κ2) is 8.85. The minimum absolute atomic E-state index is 0.183. The summed E-state index contributed by atoms with van der Waals surface area (Å²) in [6.45, 7) is 3.94. The van der Waals surface area contributed by atoms with Gasteiger partial charge in [-0.25, -0.2) is 4.39 Å². The molecule has 2 N–H and O–H groups in total. The van der Waals surface area contributed by atoms with Crippen molar-refractivity contribution in [2.75, 3.05) is 33.5 Å². The topological polar surface area (TPSA) is 53.7 Å². The highest BCUT2D eigenvalue weighted by atomic mass is 19.1. The standard InChI is InChI=1S/C14H22FNO3/c1-11(16)12-4-5-14(13(15)10-12)19-7-3-6-18-9-8-17-2/h4-5,10-11H,3,6-9,16H2,1-2H3/t11-/m0/s1. The number of nitrogens with two attached hydrogens (primary N) is 1. The van der Waals surface area contributed by atoms with Gasteiger partial charge < -0.3 is 19.9 Å². The predicted octanol–water partition coefficient (Wildman–Crippen LogP) is 2.28. The molecule has 108 valence electrons. The Hall–Kier alpha value is -1.17. The second-order valence-electron chi connectivity index (χ2n) is 4.29. The number of hydrogen-bond acceptors (Lipinski definition) is 4. The van der Waals surface area contributed by atoms with E-state index < -0.39 is 0 Å². The number of halogens is 1. The van der Waals surface area contributed by atoms with Crippen LogP contribution in [-0.2, 0) is 9.47 Å². The highest BCUT2D eigenvalue weighted by molar-refractivity contribution is 5.30. The fourth-order valence-corrected chi connectivity index (χ4v) is 1.50. The number of hydrogen-bond donors (Lipinski definition) is 1. The molecule has 0 unspecified atom stereocenters. The highest BCUT2D eigenvalue weighted by Gasteiger charge is 2.07. The molecule has 0 heterocycles. The lowest BCUT2D eigenvalue weighted by Gasteiger charge is -2.10. The summed E-state index contributed by atoms with van der Waals surface area (Å²) in [5.74, 6) is -0.128. The molecule has 0 bridgehead atoms. The molecule has 1 rings (SSSR count). The van der Waals surface area contributed by atoms with Crippen molar-refractivity contribution in [3.8, 4) is 5.75 Å². The van der Waals surface area contributed by atoms with E-state index in [9.17, 15) is 4.39 Å². The molecule has 0 aromatic heterocycles. The van der Waals surface area contributed by atoms with Crippen molar-refractivity contribution < 1.29 is 18.6 Å². The van der Waals surface area contributed by atoms with E-state index in [2.05, 4.69) is 0 Å². The summed E-state index contributed by atoms with van der Waals surface area (Å²) in [5, 5.41) is 0. The maximum absolute atomic E-state index is 13.7. The van der Waals surface area contributed by atoms with E-state index in [-0.39, 0.29) is 17.6 Å². The van der Waals surface area contributed by atoms with E-state index in [4.69, 9.17) is 19.9 Å². The summed E-state index contributed by atoms with van der Waals surface area (Å²) in [5.41, 5.74) is 6.44. The molecule has 0 spiro atoms. The van der Waals surface area contributed by atoms with Gasteiger partial charge in [0.1, 0.15) is 0 Å². The van der Waals surface area contributed by atoms with Crippen LogP contribution in [0.4, 0.5) is 4.39 Å². The number of ether oxygens (including phenoxy) is 3. The van der Waals surface area contributed by atoms with E-state index >= 15 is 0 Å². The van der Waals surface area contributed by atoms with Crippen molar-refractivity contribution in [3.63, 3.8) is 0 Å². The Morgan fingerprint density at radius 3 is 2.63 bits per heavy atom. The van der Waals surface area contributed by atoms with Crippen molar-refractivity contribution in [3.05, 3.63) is 29.6 Å². The molecule has 5 heteroatoms. The number of methoxy groups -OCH3 is 1. The normalized spacial score (nSPS) is 12.4. The Balaban J connectivity index is 2.26. The van der Waals surface area contributed by atoms with Crippen molar-refractivity contribution >= 4 is 0 Å². The van der Waals surface area contributed by atoms with E-state index in [0.29, 0.717) is 32.8 Å². The molecule has 0 saturated carbocycles. The monoisotopic (exact) mass is 271 g/mol. The Morgan fingerprint density at radius 1 is 1.21 bits per heavy atom. The molecule has 0 radical (unpaired) electrons. The lowest BCUT2D eigenvalue weighted by Crippen LogP contribution is -2.08. The fraction of sp³-hybridized carbons (Fsp3) is 0.571. The van der Waals surface area contributed by atoms with Gasteiger partial charge in [-0.15, -0.1) is 0 Å². The zero-order chi connectivity index (χ0) is 14.1.